The van der Waals surface area contributed by atoms with Gasteiger partial charge in [0, 0.05) is 36.5 Å². The van der Waals surface area contributed by atoms with Gasteiger partial charge < -0.3 is 14.8 Å². The Hall–Kier alpha value is -4.20. The highest BCUT2D eigenvalue weighted by molar-refractivity contribution is 6.04. The summed E-state index contributed by atoms with van der Waals surface area (Å²) < 4.78 is 17.1. The van der Waals surface area contributed by atoms with Crippen molar-refractivity contribution in [2.75, 3.05) is 11.9 Å². The van der Waals surface area contributed by atoms with Crippen molar-refractivity contribution in [3.63, 3.8) is 0 Å². The number of hydrogen-bond acceptors (Lipinski definition) is 3. The van der Waals surface area contributed by atoms with Crippen LogP contribution in [0.4, 0.5) is 10.1 Å². The van der Waals surface area contributed by atoms with Crippen LogP contribution >= 0.6 is 0 Å². The third-order valence-corrected chi connectivity index (χ3v) is 6.57. The molecule has 0 saturated heterocycles. The highest BCUT2D eigenvalue weighted by Gasteiger charge is 2.41. The SMILES string of the molecule is Cn1cccc1C(=O)N1Cc2c(C(=O)Nc3ccccc3)nn(Cc3ccc(F)cc3)c2C(C)(C)C1. The Labute approximate surface area is 209 Å². The third kappa shape index (κ3) is 4.42. The summed E-state index contributed by atoms with van der Waals surface area (Å²) in [6, 6.07) is 19.1. The number of carbonyl (C=O) groups is 2. The fraction of sp³-hybridized carbons (Fsp3) is 0.250. The minimum Gasteiger partial charge on any atom is -0.347 e. The van der Waals surface area contributed by atoms with E-state index in [0.717, 1.165) is 16.8 Å². The van der Waals surface area contributed by atoms with E-state index in [1.54, 1.807) is 27.7 Å². The van der Waals surface area contributed by atoms with Gasteiger partial charge in [0.25, 0.3) is 11.8 Å². The molecular weight excluding hydrogens is 457 g/mol. The molecule has 0 radical (unpaired) electrons. The van der Waals surface area contributed by atoms with Gasteiger partial charge in [-0.15, -0.1) is 0 Å². The van der Waals surface area contributed by atoms with Crippen LogP contribution in [0, 0.1) is 5.82 Å². The van der Waals surface area contributed by atoms with Gasteiger partial charge in [-0.25, -0.2) is 4.39 Å². The molecular formula is C28H28FN5O2. The molecule has 36 heavy (non-hydrogen) atoms. The molecule has 2 aromatic carbocycles. The lowest BCUT2D eigenvalue weighted by molar-refractivity contribution is 0.0670. The number of hydrogen-bond donors (Lipinski definition) is 1. The Bertz CT molecular complexity index is 1420. The number of aromatic nitrogens is 3. The van der Waals surface area contributed by atoms with Gasteiger partial charge in [-0.05, 0) is 42.0 Å². The zero-order valence-electron chi connectivity index (χ0n) is 20.5. The summed E-state index contributed by atoms with van der Waals surface area (Å²) in [4.78, 5) is 28.6. The van der Waals surface area contributed by atoms with Gasteiger partial charge >= 0.3 is 0 Å². The molecule has 0 saturated carbocycles. The normalized spacial score (nSPS) is 14.4. The topological polar surface area (TPSA) is 72.2 Å². The van der Waals surface area contributed by atoms with Crippen molar-refractivity contribution >= 4 is 17.5 Å². The number of carbonyl (C=O) groups excluding carboxylic acids is 2. The van der Waals surface area contributed by atoms with Gasteiger partial charge in [0.15, 0.2) is 5.69 Å². The molecule has 4 aromatic rings. The number of fused-ring (bicyclic) bond motifs is 1. The first-order valence-electron chi connectivity index (χ1n) is 11.8. The largest absolute Gasteiger partial charge is 0.347 e. The van der Waals surface area contributed by atoms with Gasteiger partial charge in [0.05, 0.1) is 18.8 Å². The zero-order chi connectivity index (χ0) is 25.4. The molecule has 8 heteroatoms. The standard InChI is InChI=1S/C28H28FN5O2/c1-28(2)18-33(27(36)23-10-7-15-32(23)3)17-22-24(26(35)30-21-8-5-4-6-9-21)31-34(25(22)28)16-19-11-13-20(29)14-12-19/h4-15H,16-18H2,1-3H3,(H,30,35). The minimum absolute atomic E-state index is 0.0954. The van der Waals surface area contributed by atoms with E-state index in [-0.39, 0.29) is 29.9 Å². The van der Waals surface area contributed by atoms with Gasteiger partial charge in [-0.2, -0.15) is 5.10 Å². The van der Waals surface area contributed by atoms with Crippen molar-refractivity contribution in [3.05, 3.63) is 107 Å². The summed E-state index contributed by atoms with van der Waals surface area (Å²) in [7, 11) is 1.84. The molecule has 2 amide bonds. The molecule has 0 aliphatic carbocycles. The fourth-order valence-corrected chi connectivity index (χ4v) is 4.97. The van der Waals surface area contributed by atoms with Crippen LogP contribution in [-0.2, 0) is 25.6 Å². The van der Waals surface area contributed by atoms with Crippen molar-refractivity contribution in [2.24, 2.45) is 7.05 Å². The molecule has 0 spiro atoms. The third-order valence-electron chi connectivity index (χ3n) is 6.57. The van der Waals surface area contributed by atoms with Crippen LogP contribution in [0.2, 0.25) is 0 Å². The van der Waals surface area contributed by atoms with E-state index in [0.29, 0.717) is 24.5 Å². The summed E-state index contributed by atoms with van der Waals surface area (Å²) in [6.07, 6.45) is 1.84. The number of rotatable bonds is 5. The van der Waals surface area contributed by atoms with Crippen LogP contribution in [0.25, 0.3) is 0 Å². The first-order chi connectivity index (χ1) is 17.2. The Morgan fingerprint density at radius 3 is 2.42 bits per heavy atom. The molecule has 0 unspecified atom stereocenters. The van der Waals surface area contributed by atoms with Crippen molar-refractivity contribution in [1.82, 2.24) is 19.2 Å². The molecule has 3 heterocycles. The molecule has 0 bridgehead atoms. The van der Waals surface area contributed by atoms with Gasteiger partial charge in [0.2, 0.25) is 0 Å². The van der Waals surface area contributed by atoms with Crippen LogP contribution in [-0.4, -0.2) is 37.6 Å². The lowest BCUT2D eigenvalue weighted by Crippen LogP contribution is -2.46. The maximum absolute atomic E-state index is 13.5. The summed E-state index contributed by atoms with van der Waals surface area (Å²) in [5, 5.41) is 7.67. The van der Waals surface area contributed by atoms with Crippen molar-refractivity contribution in [2.45, 2.75) is 32.4 Å². The van der Waals surface area contributed by atoms with E-state index in [9.17, 15) is 14.0 Å². The van der Waals surface area contributed by atoms with E-state index >= 15 is 0 Å². The van der Waals surface area contributed by atoms with E-state index in [1.165, 1.54) is 12.1 Å². The van der Waals surface area contributed by atoms with Crippen LogP contribution in [0.15, 0.2) is 72.9 Å². The number of halogens is 1. The Morgan fingerprint density at radius 1 is 1.03 bits per heavy atom. The summed E-state index contributed by atoms with van der Waals surface area (Å²) >= 11 is 0. The molecule has 1 N–H and O–H groups in total. The first kappa shape index (κ1) is 23.5. The minimum atomic E-state index is -0.479. The molecule has 184 valence electrons. The smallest absolute Gasteiger partial charge is 0.276 e. The summed E-state index contributed by atoms with van der Waals surface area (Å²) in [5.41, 5.74) is 3.56. The highest BCUT2D eigenvalue weighted by atomic mass is 19.1. The van der Waals surface area contributed by atoms with Crippen LogP contribution in [0.5, 0.6) is 0 Å². The number of nitrogens with zero attached hydrogens (tertiary/aromatic N) is 4. The maximum Gasteiger partial charge on any atom is 0.276 e. The van der Waals surface area contributed by atoms with E-state index in [4.69, 9.17) is 5.10 Å². The monoisotopic (exact) mass is 485 g/mol. The number of amides is 2. The zero-order valence-corrected chi connectivity index (χ0v) is 20.5. The predicted molar refractivity (Wildman–Crippen MR) is 135 cm³/mol. The molecule has 5 rings (SSSR count). The first-order valence-corrected chi connectivity index (χ1v) is 11.8. The predicted octanol–water partition coefficient (Wildman–Crippen LogP) is 4.59. The average molecular weight is 486 g/mol. The van der Waals surface area contributed by atoms with Crippen LogP contribution < -0.4 is 5.32 Å². The quantitative estimate of drug-likeness (QED) is 0.449. The number of benzene rings is 2. The maximum atomic E-state index is 13.5. The second kappa shape index (κ2) is 9.11. The average Bonchev–Trinajstić information content (AvgIpc) is 3.44. The lowest BCUT2D eigenvalue weighted by Gasteiger charge is -2.39. The van der Waals surface area contributed by atoms with Crippen molar-refractivity contribution in [3.8, 4) is 0 Å². The summed E-state index contributed by atoms with van der Waals surface area (Å²) in [5.74, 6) is -0.736. The Kier molecular flexibility index (Phi) is 5.96. The number of aryl methyl sites for hydroxylation is 1. The van der Waals surface area contributed by atoms with E-state index < -0.39 is 5.41 Å². The highest BCUT2D eigenvalue weighted by Crippen LogP contribution is 2.36. The molecule has 7 nitrogen and oxygen atoms in total. The van der Waals surface area contributed by atoms with Crippen LogP contribution in [0.1, 0.15) is 51.6 Å². The summed E-state index contributed by atoms with van der Waals surface area (Å²) in [6.45, 7) is 5.23. The van der Waals surface area contributed by atoms with Crippen molar-refractivity contribution < 1.29 is 14.0 Å². The van der Waals surface area contributed by atoms with E-state index in [2.05, 4.69) is 19.2 Å². The van der Waals surface area contributed by atoms with Crippen LogP contribution in [0.3, 0.4) is 0 Å². The second-order valence-electron chi connectivity index (χ2n) is 9.83. The van der Waals surface area contributed by atoms with E-state index in [1.807, 2.05) is 54.3 Å². The molecule has 1 aliphatic rings. The Balaban J connectivity index is 1.56. The van der Waals surface area contributed by atoms with Gasteiger partial charge in [-0.1, -0.05) is 44.2 Å². The number of nitrogens with one attached hydrogen (secondary N) is 1. The number of para-hydroxylation sites is 1. The molecule has 2 aromatic heterocycles. The van der Waals surface area contributed by atoms with Gasteiger partial charge in [-0.3, -0.25) is 14.3 Å². The Morgan fingerprint density at radius 2 is 1.75 bits per heavy atom. The van der Waals surface area contributed by atoms with Crippen molar-refractivity contribution in [1.29, 1.82) is 0 Å². The molecule has 0 atom stereocenters. The fourth-order valence-electron chi connectivity index (χ4n) is 4.97. The second-order valence-corrected chi connectivity index (χ2v) is 9.83. The molecule has 1 aliphatic heterocycles. The lowest BCUT2D eigenvalue weighted by atomic mass is 9.82. The molecule has 0 fully saturated rings. The number of anilines is 1. The van der Waals surface area contributed by atoms with Gasteiger partial charge in [0.1, 0.15) is 11.5 Å².